The van der Waals surface area contributed by atoms with E-state index in [-0.39, 0.29) is 56.3 Å². The fourth-order valence-electron chi connectivity index (χ4n) is 8.35. The van der Waals surface area contributed by atoms with E-state index in [2.05, 4.69) is 6.92 Å². The maximum atomic E-state index is 16.2. The van der Waals surface area contributed by atoms with E-state index < -0.39 is 40.1 Å². The highest BCUT2D eigenvalue weighted by atomic mass is 19.1. The number of halogens is 2. The number of unbranched alkanes of at least 4 members (excludes halogenated alkanes) is 1. The molecular weight excluding hydrogens is 606 g/mol. The number of nitrogens with zero attached hydrogens (tertiary/aromatic N) is 6. The third kappa shape index (κ3) is 5.89. The molecule has 6 rings (SSSR count). The van der Waals surface area contributed by atoms with Crippen molar-refractivity contribution in [3.8, 4) is 0 Å². The summed E-state index contributed by atoms with van der Waals surface area (Å²) >= 11 is 0. The van der Waals surface area contributed by atoms with E-state index in [1.54, 1.807) is 9.80 Å². The average molecular weight is 659 g/mol. The molecule has 4 fully saturated rings. The van der Waals surface area contributed by atoms with Crippen LogP contribution in [0.2, 0.25) is 0 Å². The lowest BCUT2D eigenvalue weighted by molar-refractivity contribution is -0.145. The van der Waals surface area contributed by atoms with E-state index in [0.29, 0.717) is 70.3 Å². The Morgan fingerprint density at radius 3 is 1.74 bits per heavy atom. The molecule has 4 amide bonds. The van der Waals surface area contributed by atoms with Gasteiger partial charge in [0.2, 0.25) is 0 Å². The molecule has 12 heteroatoms. The molecule has 0 bridgehead atoms. The van der Waals surface area contributed by atoms with Gasteiger partial charge < -0.3 is 9.80 Å². The first-order valence-corrected chi connectivity index (χ1v) is 18.0. The second kappa shape index (κ2) is 12.2. The zero-order valence-electron chi connectivity index (χ0n) is 28.8. The zero-order chi connectivity index (χ0) is 33.9. The van der Waals surface area contributed by atoms with Crippen LogP contribution in [-0.4, -0.2) is 116 Å². The van der Waals surface area contributed by atoms with E-state index in [1.807, 2.05) is 27.7 Å². The first-order chi connectivity index (χ1) is 22.2. The number of hydrogen-bond donors (Lipinski definition) is 0. The van der Waals surface area contributed by atoms with Gasteiger partial charge in [0, 0.05) is 43.9 Å². The molecule has 4 heterocycles. The summed E-state index contributed by atoms with van der Waals surface area (Å²) in [4.78, 5) is 70.1. The van der Waals surface area contributed by atoms with Crippen LogP contribution in [0.1, 0.15) is 118 Å². The summed E-state index contributed by atoms with van der Waals surface area (Å²) in [5.41, 5.74) is -5.85. The molecule has 4 atom stereocenters. The summed E-state index contributed by atoms with van der Waals surface area (Å²) in [6.07, 6.45) is 6.98. The molecule has 10 nitrogen and oxygen atoms in total. The van der Waals surface area contributed by atoms with Gasteiger partial charge in [-0.3, -0.25) is 39.0 Å². The van der Waals surface area contributed by atoms with Crippen LogP contribution in [-0.2, 0) is 19.2 Å². The fraction of sp³-hybridized carbons (Fsp3) is 0.829. The van der Waals surface area contributed by atoms with Gasteiger partial charge in [-0.2, -0.15) is 0 Å². The number of aliphatic imine (C=N–C) groups is 2. The third-order valence-electron chi connectivity index (χ3n) is 11.2. The van der Waals surface area contributed by atoms with Crippen molar-refractivity contribution in [2.75, 3.05) is 26.2 Å². The number of hydrogen-bond acceptors (Lipinski definition) is 6. The number of piperidine rings is 2. The van der Waals surface area contributed by atoms with Gasteiger partial charge in [0.25, 0.3) is 23.6 Å². The van der Waals surface area contributed by atoms with Crippen LogP contribution in [0, 0.1) is 5.92 Å². The Hall–Kier alpha value is -2.92. The molecule has 2 spiro atoms. The number of carbonyl (C=O) groups excluding carboxylic acids is 4. The van der Waals surface area contributed by atoms with E-state index in [1.165, 1.54) is 9.80 Å². The molecule has 4 aliphatic heterocycles. The summed E-state index contributed by atoms with van der Waals surface area (Å²) < 4.78 is 30.8. The fourth-order valence-corrected chi connectivity index (χ4v) is 8.35. The minimum absolute atomic E-state index is 0.0327. The first-order valence-electron chi connectivity index (χ1n) is 18.0. The number of amides is 4. The minimum Gasteiger partial charge on any atom is -0.337 e. The largest absolute Gasteiger partial charge is 0.337 e. The van der Waals surface area contributed by atoms with Gasteiger partial charge in [-0.05, 0) is 91.9 Å². The van der Waals surface area contributed by atoms with Gasteiger partial charge in [0.05, 0.1) is 13.1 Å². The molecule has 2 aliphatic carbocycles. The Kier molecular flexibility index (Phi) is 8.81. The predicted octanol–water partition coefficient (Wildman–Crippen LogP) is 4.60. The van der Waals surface area contributed by atoms with Crippen LogP contribution in [0.3, 0.4) is 0 Å². The molecule has 6 aliphatic rings. The van der Waals surface area contributed by atoms with E-state index in [9.17, 15) is 23.6 Å². The molecule has 47 heavy (non-hydrogen) atoms. The van der Waals surface area contributed by atoms with Crippen LogP contribution in [0.5, 0.6) is 0 Å². The first kappa shape index (κ1) is 34.0. The highest BCUT2D eigenvalue weighted by molar-refractivity contribution is 6.10. The molecule has 0 aromatic carbocycles. The molecule has 0 radical (unpaired) electrons. The van der Waals surface area contributed by atoms with Crippen molar-refractivity contribution in [2.24, 2.45) is 15.9 Å². The van der Waals surface area contributed by atoms with Crippen molar-refractivity contribution in [3.05, 3.63) is 0 Å². The molecule has 0 aromatic heterocycles. The van der Waals surface area contributed by atoms with Gasteiger partial charge in [-0.1, -0.05) is 13.3 Å². The minimum atomic E-state index is -1.95. The average Bonchev–Trinajstić information content (AvgIpc) is 3.90. The topological polar surface area (TPSA) is 106 Å². The monoisotopic (exact) mass is 658 g/mol. The molecule has 0 aromatic rings. The SMILES string of the molecule is CCCCC1=NC2(CCCN(C(=O)C3(F)CC3CCCC3=NC4(CCCN(C(=O)C5(F)CC5)C4)C(=O)N3C(C)C)C2)C(=O)N1C(C)C. The van der Waals surface area contributed by atoms with Gasteiger partial charge in [-0.25, -0.2) is 8.78 Å². The summed E-state index contributed by atoms with van der Waals surface area (Å²) in [6, 6.07) is -0.179. The lowest BCUT2D eigenvalue weighted by Gasteiger charge is -2.38. The Labute approximate surface area is 277 Å². The molecule has 4 unspecified atom stereocenters. The highest BCUT2D eigenvalue weighted by Crippen LogP contribution is 2.52. The summed E-state index contributed by atoms with van der Waals surface area (Å²) in [7, 11) is 0. The standard InChI is InChI=1S/C35H52F2N6O4/c1-6-7-12-26-38-34(30(46)42(26)23(2)3)15-10-19-41(22-34)31(47)35(37)20-25(35)11-8-13-27-39-33(29(45)43(27)24(4)5)14-9-18-40(21-33)28(44)32(36)16-17-32/h23-25H,6-22H2,1-5H3. The van der Waals surface area contributed by atoms with Gasteiger partial charge in [0.1, 0.15) is 11.7 Å². The highest BCUT2D eigenvalue weighted by Gasteiger charge is 2.64. The summed E-state index contributed by atoms with van der Waals surface area (Å²) in [5, 5.41) is 0. The normalized spacial score (nSPS) is 33.1. The summed E-state index contributed by atoms with van der Waals surface area (Å²) in [6.45, 7) is 10.9. The van der Waals surface area contributed by atoms with Crippen LogP contribution in [0.4, 0.5) is 8.78 Å². The van der Waals surface area contributed by atoms with E-state index in [4.69, 9.17) is 9.98 Å². The predicted molar refractivity (Wildman–Crippen MR) is 174 cm³/mol. The quantitative estimate of drug-likeness (QED) is 0.324. The lowest BCUT2D eigenvalue weighted by Crippen LogP contribution is -2.57. The van der Waals surface area contributed by atoms with E-state index in [0.717, 1.165) is 18.7 Å². The molecule has 2 saturated carbocycles. The summed E-state index contributed by atoms with van der Waals surface area (Å²) in [5.74, 6) is -0.301. The third-order valence-corrected chi connectivity index (χ3v) is 11.2. The second-order valence-corrected chi connectivity index (χ2v) is 15.5. The zero-order valence-corrected chi connectivity index (χ0v) is 28.8. The van der Waals surface area contributed by atoms with Crippen molar-refractivity contribution in [3.63, 3.8) is 0 Å². The lowest BCUT2D eigenvalue weighted by atomic mass is 9.88. The Balaban J connectivity index is 1.08. The van der Waals surface area contributed by atoms with Crippen molar-refractivity contribution in [1.29, 1.82) is 0 Å². The van der Waals surface area contributed by atoms with Crippen LogP contribution < -0.4 is 0 Å². The maximum Gasteiger partial charge on any atom is 0.260 e. The second-order valence-electron chi connectivity index (χ2n) is 15.5. The molecule has 260 valence electrons. The smallest absolute Gasteiger partial charge is 0.260 e. The Morgan fingerprint density at radius 2 is 1.28 bits per heavy atom. The van der Waals surface area contributed by atoms with Crippen LogP contribution >= 0.6 is 0 Å². The van der Waals surface area contributed by atoms with Crippen molar-refractivity contribution >= 4 is 35.3 Å². The Bertz CT molecular complexity index is 1380. The maximum absolute atomic E-state index is 16.2. The number of amidine groups is 2. The van der Waals surface area contributed by atoms with Gasteiger partial charge in [-0.15, -0.1) is 0 Å². The number of likely N-dealkylation sites (tertiary alicyclic amines) is 2. The van der Waals surface area contributed by atoms with Crippen molar-refractivity contribution in [2.45, 2.75) is 153 Å². The van der Waals surface area contributed by atoms with Crippen LogP contribution in [0.15, 0.2) is 9.98 Å². The Morgan fingerprint density at radius 1 is 0.787 bits per heavy atom. The van der Waals surface area contributed by atoms with Gasteiger partial charge in [0.15, 0.2) is 22.4 Å². The van der Waals surface area contributed by atoms with E-state index >= 15 is 4.39 Å². The van der Waals surface area contributed by atoms with Crippen molar-refractivity contribution in [1.82, 2.24) is 19.6 Å². The number of carbonyl (C=O) groups is 4. The number of rotatable bonds is 11. The molecule has 0 N–H and O–H groups in total. The van der Waals surface area contributed by atoms with Crippen LogP contribution in [0.25, 0.3) is 0 Å². The number of alkyl halides is 2. The molecule has 2 saturated heterocycles. The molecular formula is C35H52F2N6O4. The van der Waals surface area contributed by atoms with Crippen molar-refractivity contribution < 1.29 is 28.0 Å². The van der Waals surface area contributed by atoms with Gasteiger partial charge >= 0.3 is 0 Å².